The lowest BCUT2D eigenvalue weighted by Crippen LogP contribution is -2.32. The molecule has 2 aliphatic heterocycles. The number of hydrogen-bond acceptors (Lipinski definition) is 3. The fourth-order valence-corrected chi connectivity index (χ4v) is 2.63. The van der Waals surface area contributed by atoms with Crippen LogP contribution in [-0.4, -0.2) is 16.0 Å². The second-order valence-electron chi connectivity index (χ2n) is 4.98. The van der Waals surface area contributed by atoms with Crippen LogP contribution in [0.5, 0.6) is 0 Å². The first-order valence-corrected chi connectivity index (χ1v) is 5.86. The highest BCUT2D eigenvalue weighted by Gasteiger charge is 2.33. The van der Waals surface area contributed by atoms with Gasteiger partial charge in [0.05, 0.1) is 5.69 Å². The molecule has 0 radical (unpaired) electrons. The molecule has 3 heterocycles. The topological polar surface area (TPSA) is 37.8 Å². The van der Waals surface area contributed by atoms with Gasteiger partial charge in [-0.05, 0) is 12.8 Å². The minimum Gasteiger partial charge on any atom is -0.307 e. The molecule has 0 amide bonds. The van der Waals surface area contributed by atoms with Crippen LogP contribution >= 0.6 is 0 Å². The molecule has 2 bridgehead atoms. The van der Waals surface area contributed by atoms with Gasteiger partial charge >= 0.3 is 0 Å². The van der Waals surface area contributed by atoms with Gasteiger partial charge in [-0.2, -0.15) is 0 Å². The minimum absolute atomic E-state index is 0.433. The van der Waals surface area contributed by atoms with E-state index >= 15 is 0 Å². The van der Waals surface area contributed by atoms with Crippen LogP contribution in [0.25, 0.3) is 0 Å². The number of fused-ring (bicyclic) bond motifs is 4. The van der Waals surface area contributed by atoms with Gasteiger partial charge in [-0.25, -0.2) is 9.97 Å². The lowest BCUT2D eigenvalue weighted by atomic mass is 10.0. The summed E-state index contributed by atoms with van der Waals surface area (Å²) in [5, 5.41) is 3.62. The summed E-state index contributed by atoms with van der Waals surface area (Å²) in [7, 11) is 0. The largest absolute Gasteiger partial charge is 0.307 e. The third-order valence-electron chi connectivity index (χ3n) is 3.49. The minimum atomic E-state index is 0.433. The smallest absolute Gasteiger partial charge is 0.131 e. The van der Waals surface area contributed by atoms with Crippen molar-refractivity contribution < 1.29 is 0 Å². The van der Waals surface area contributed by atoms with Crippen molar-refractivity contribution in [3.05, 3.63) is 23.3 Å². The molecule has 1 aromatic heterocycles. The van der Waals surface area contributed by atoms with E-state index in [0.29, 0.717) is 18.0 Å². The van der Waals surface area contributed by atoms with E-state index in [1.807, 2.05) is 6.20 Å². The third kappa shape index (κ3) is 1.46. The molecule has 3 nitrogen and oxygen atoms in total. The quantitative estimate of drug-likeness (QED) is 0.758. The summed E-state index contributed by atoms with van der Waals surface area (Å²) >= 11 is 0. The molecule has 0 unspecified atom stereocenters. The highest BCUT2D eigenvalue weighted by atomic mass is 15.0. The zero-order valence-electron chi connectivity index (χ0n) is 9.33. The molecular formula is C12H17N3. The Morgan fingerprint density at radius 1 is 1.40 bits per heavy atom. The standard InChI is InChI=1S/C12H17N3/c1-7(2)12-13-6-9-10-4-3-8(14-10)5-11(9)15-12/h6-8,10,14H,3-5H2,1-2H3/t8-,10+/m0/s1. The summed E-state index contributed by atoms with van der Waals surface area (Å²) in [5.41, 5.74) is 2.63. The van der Waals surface area contributed by atoms with E-state index in [2.05, 4.69) is 24.1 Å². The molecule has 0 saturated carbocycles. The van der Waals surface area contributed by atoms with E-state index in [4.69, 9.17) is 4.98 Å². The normalized spacial score (nSPS) is 28.2. The number of nitrogens with zero attached hydrogens (tertiary/aromatic N) is 2. The average molecular weight is 203 g/mol. The Hall–Kier alpha value is -0.960. The van der Waals surface area contributed by atoms with Crippen LogP contribution in [0.4, 0.5) is 0 Å². The van der Waals surface area contributed by atoms with Gasteiger partial charge in [0.1, 0.15) is 5.82 Å². The molecule has 1 saturated heterocycles. The van der Waals surface area contributed by atoms with Crippen molar-refractivity contribution in [3.8, 4) is 0 Å². The Balaban J connectivity index is 2.03. The van der Waals surface area contributed by atoms with Gasteiger partial charge in [-0.1, -0.05) is 13.8 Å². The van der Waals surface area contributed by atoms with Crippen LogP contribution in [0.15, 0.2) is 6.20 Å². The summed E-state index contributed by atoms with van der Waals surface area (Å²) < 4.78 is 0. The van der Waals surface area contributed by atoms with Crippen LogP contribution < -0.4 is 5.32 Å². The maximum Gasteiger partial charge on any atom is 0.131 e. The molecule has 15 heavy (non-hydrogen) atoms. The van der Waals surface area contributed by atoms with Crippen LogP contribution in [0.3, 0.4) is 0 Å². The molecule has 2 atom stereocenters. The molecule has 80 valence electrons. The Morgan fingerprint density at radius 2 is 2.27 bits per heavy atom. The molecular weight excluding hydrogens is 186 g/mol. The maximum absolute atomic E-state index is 4.70. The lowest BCUT2D eigenvalue weighted by molar-refractivity contribution is 0.500. The fraction of sp³-hybridized carbons (Fsp3) is 0.667. The molecule has 0 aliphatic carbocycles. The predicted octanol–water partition coefficient (Wildman–Crippen LogP) is 1.95. The first-order chi connectivity index (χ1) is 7.24. The molecule has 3 rings (SSSR count). The van der Waals surface area contributed by atoms with Gasteiger partial charge in [-0.15, -0.1) is 0 Å². The number of rotatable bonds is 1. The van der Waals surface area contributed by atoms with Crippen molar-refractivity contribution >= 4 is 0 Å². The molecule has 1 N–H and O–H groups in total. The van der Waals surface area contributed by atoms with Gasteiger partial charge in [0.15, 0.2) is 0 Å². The van der Waals surface area contributed by atoms with Crippen molar-refractivity contribution in [1.82, 2.24) is 15.3 Å². The second-order valence-corrected chi connectivity index (χ2v) is 4.98. The Morgan fingerprint density at radius 3 is 3.07 bits per heavy atom. The van der Waals surface area contributed by atoms with Crippen molar-refractivity contribution in [2.24, 2.45) is 0 Å². The van der Waals surface area contributed by atoms with E-state index in [0.717, 1.165) is 12.2 Å². The van der Waals surface area contributed by atoms with Crippen molar-refractivity contribution in [2.75, 3.05) is 0 Å². The van der Waals surface area contributed by atoms with Crippen LogP contribution in [0.1, 0.15) is 55.7 Å². The molecule has 1 fully saturated rings. The van der Waals surface area contributed by atoms with Crippen LogP contribution in [-0.2, 0) is 6.42 Å². The number of aromatic nitrogens is 2. The summed E-state index contributed by atoms with van der Waals surface area (Å²) in [6, 6.07) is 1.19. The van der Waals surface area contributed by atoms with E-state index < -0.39 is 0 Å². The van der Waals surface area contributed by atoms with E-state index in [1.165, 1.54) is 24.1 Å². The third-order valence-corrected chi connectivity index (χ3v) is 3.49. The number of hydrogen-bond donors (Lipinski definition) is 1. The summed E-state index contributed by atoms with van der Waals surface area (Å²) in [6.07, 6.45) is 5.67. The molecule has 2 aliphatic rings. The van der Waals surface area contributed by atoms with Gasteiger partial charge in [0, 0.05) is 36.2 Å². The van der Waals surface area contributed by atoms with Crippen LogP contribution in [0.2, 0.25) is 0 Å². The van der Waals surface area contributed by atoms with Crippen LogP contribution in [0, 0.1) is 0 Å². The van der Waals surface area contributed by atoms with Gasteiger partial charge < -0.3 is 5.32 Å². The van der Waals surface area contributed by atoms with E-state index in [1.54, 1.807) is 0 Å². The fourth-order valence-electron chi connectivity index (χ4n) is 2.63. The second kappa shape index (κ2) is 3.27. The Labute approximate surface area is 90.3 Å². The van der Waals surface area contributed by atoms with Gasteiger partial charge in [0.25, 0.3) is 0 Å². The van der Waals surface area contributed by atoms with Gasteiger partial charge in [-0.3, -0.25) is 0 Å². The predicted molar refractivity (Wildman–Crippen MR) is 58.7 cm³/mol. The Bertz CT molecular complexity index is 386. The monoisotopic (exact) mass is 203 g/mol. The first kappa shape index (κ1) is 9.28. The SMILES string of the molecule is CC(C)c1ncc2c(n1)C[C@@H]1CC[C@H]2N1. The molecule has 3 heteroatoms. The van der Waals surface area contributed by atoms with Gasteiger partial charge in [0.2, 0.25) is 0 Å². The number of nitrogens with one attached hydrogen (secondary N) is 1. The average Bonchev–Trinajstić information content (AvgIpc) is 2.60. The molecule has 0 aromatic carbocycles. The van der Waals surface area contributed by atoms with E-state index in [9.17, 15) is 0 Å². The highest BCUT2D eigenvalue weighted by Crippen LogP contribution is 2.34. The summed E-state index contributed by atoms with van der Waals surface area (Å²) in [5.74, 6) is 1.43. The van der Waals surface area contributed by atoms with E-state index in [-0.39, 0.29) is 0 Å². The maximum atomic E-state index is 4.70. The van der Waals surface area contributed by atoms with Crippen molar-refractivity contribution in [1.29, 1.82) is 0 Å². The molecule has 1 aromatic rings. The lowest BCUT2D eigenvalue weighted by Gasteiger charge is -2.23. The summed E-state index contributed by atoms with van der Waals surface area (Å²) in [6.45, 7) is 4.30. The molecule has 0 spiro atoms. The zero-order valence-corrected chi connectivity index (χ0v) is 9.33. The van der Waals surface area contributed by atoms with Crippen molar-refractivity contribution in [3.63, 3.8) is 0 Å². The summed E-state index contributed by atoms with van der Waals surface area (Å²) in [4.78, 5) is 9.16. The zero-order chi connectivity index (χ0) is 10.4. The highest BCUT2D eigenvalue weighted by molar-refractivity contribution is 5.28. The first-order valence-electron chi connectivity index (χ1n) is 5.86. The van der Waals surface area contributed by atoms with Crippen molar-refractivity contribution in [2.45, 2.75) is 51.1 Å². The Kier molecular flexibility index (Phi) is 2.02.